The zero-order valence-corrected chi connectivity index (χ0v) is 16.0. The van der Waals surface area contributed by atoms with E-state index in [9.17, 15) is 9.59 Å². The van der Waals surface area contributed by atoms with Crippen molar-refractivity contribution in [3.63, 3.8) is 0 Å². The number of hydrogen-bond donors (Lipinski definition) is 1. The van der Waals surface area contributed by atoms with Crippen molar-refractivity contribution in [1.29, 1.82) is 0 Å². The third-order valence-corrected chi connectivity index (χ3v) is 5.23. The first-order valence-corrected chi connectivity index (χ1v) is 9.29. The van der Waals surface area contributed by atoms with Crippen LogP contribution in [0.3, 0.4) is 0 Å². The predicted molar refractivity (Wildman–Crippen MR) is 108 cm³/mol. The molecular weight excluding hydrogens is 403 g/mol. The number of carboxylic acid groups (broad SMARTS) is 1. The Morgan fingerprint density at radius 2 is 1.93 bits per heavy atom. The van der Waals surface area contributed by atoms with Gasteiger partial charge < -0.3 is 14.3 Å². The molecule has 1 N–H and O–H groups in total. The molecule has 0 fully saturated rings. The first-order chi connectivity index (χ1) is 13.4. The molecule has 1 heterocycles. The molecule has 28 heavy (non-hydrogen) atoms. The van der Waals surface area contributed by atoms with Gasteiger partial charge in [0.25, 0.3) is 0 Å². The number of hydrogen-bond acceptors (Lipinski definition) is 4. The van der Waals surface area contributed by atoms with Gasteiger partial charge in [-0.25, -0.2) is 4.79 Å². The lowest BCUT2D eigenvalue weighted by Crippen LogP contribution is -2.10. The van der Waals surface area contributed by atoms with Gasteiger partial charge in [-0.15, -0.1) is 0 Å². The highest BCUT2D eigenvalue weighted by atomic mass is 35.5. The molecule has 0 unspecified atom stereocenters. The summed E-state index contributed by atoms with van der Waals surface area (Å²) in [5.41, 5.74) is 2.36. The maximum absolute atomic E-state index is 12.9. The molecule has 1 aliphatic carbocycles. The molecule has 2 aromatic carbocycles. The van der Waals surface area contributed by atoms with Crippen molar-refractivity contribution in [1.82, 2.24) is 0 Å². The van der Waals surface area contributed by atoms with Gasteiger partial charge in [-0.05, 0) is 48.8 Å². The molecule has 0 saturated carbocycles. The summed E-state index contributed by atoms with van der Waals surface area (Å²) >= 11 is 12.5. The van der Waals surface area contributed by atoms with Crippen LogP contribution in [0.15, 0.2) is 45.6 Å². The number of ether oxygens (including phenoxy) is 1. The quantitative estimate of drug-likeness (QED) is 0.643. The first kappa shape index (κ1) is 18.6. The molecule has 3 aromatic rings. The number of allylic oxidation sites excluding steroid dienone is 1. The van der Waals surface area contributed by atoms with E-state index < -0.39 is 12.6 Å². The Bertz CT molecular complexity index is 1170. The van der Waals surface area contributed by atoms with E-state index in [1.807, 2.05) is 6.08 Å². The van der Waals surface area contributed by atoms with E-state index in [0.717, 1.165) is 5.57 Å². The lowest BCUT2D eigenvalue weighted by molar-refractivity contribution is -0.139. The van der Waals surface area contributed by atoms with Gasteiger partial charge in [-0.1, -0.05) is 29.3 Å². The Morgan fingerprint density at radius 3 is 2.64 bits per heavy atom. The topological polar surface area (TPSA) is 76.7 Å². The minimum Gasteiger partial charge on any atom is -0.482 e. The Labute approximate surface area is 169 Å². The highest BCUT2D eigenvalue weighted by Crippen LogP contribution is 2.37. The Kier molecular flexibility index (Phi) is 4.87. The Morgan fingerprint density at radius 1 is 1.18 bits per heavy atom. The summed E-state index contributed by atoms with van der Waals surface area (Å²) in [6.45, 7) is -0.475. The zero-order chi connectivity index (χ0) is 19.8. The van der Waals surface area contributed by atoms with Crippen molar-refractivity contribution >= 4 is 51.8 Å². The maximum atomic E-state index is 12.9. The normalized spacial score (nSPS) is 14.4. The summed E-state index contributed by atoms with van der Waals surface area (Å²) in [6, 6.07) is 9.94. The van der Waals surface area contributed by atoms with Crippen molar-refractivity contribution in [3.8, 4) is 5.75 Å². The number of rotatable bonds is 4. The summed E-state index contributed by atoms with van der Waals surface area (Å²) in [5, 5.41) is 10.2. The van der Waals surface area contributed by atoms with Gasteiger partial charge in [0, 0.05) is 27.2 Å². The predicted octanol–water partition coefficient (Wildman–Crippen LogP) is 5.05. The van der Waals surface area contributed by atoms with E-state index >= 15 is 0 Å². The van der Waals surface area contributed by atoms with Gasteiger partial charge in [0.05, 0.1) is 5.39 Å². The molecule has 0 saturated heterocycles. The molecule has 0 spiro atoms. The van der Waals surface area contributed by atoms with Crippen LogP contribution in [0.5, 0.6) is 5.75 Å². The van der Waals surface area contributed by atoms with Crippen LogP contribution in [0, 0.1) is 0 Å². The van der Waals surface area contributed by atoms with Crippen molar-refractivity contribution in [3.05, 3.63) is 73.6 Å². The highest BCUT2D eigenvalue weighted by Gasteiger charge is 2.24. The summed E-state index contributed by atoms with van der Waals surface area (Å²) in [4.78, 5) is 23.5. The minimum absolute atomic E-state index is 0.102. The fourth-order valence-corrected chi connectivity index (χ4v) is 3.77. The molecule has 5 nitrogen and oxygen atoms in total. The molecule has 0 aliphatic heterocycles. The Balaban J connectivity index is 1.82. The van der Waals surface area contributed by atoms with E-state index in [0.29, 0.717) is 56.5 Å². The number of aliphatic carboxylic acids is 1. The SMILES string of the molecule is O=C(O)COc1ccc2c(=O)c3c(oc2c1)C(=Cc1c(Cl)cccc1Cl)CC3. The van der Waals surface area contributed by atoms with Crippen molar-refractivity contribution < 1.29 is 19.1 Å². The monoisotopic (exact) mass is 416 g/mol. The van der Waals surface area contributed by atoms with E-state index in [-0.39, 0.29) is 5.43 Å². The van der Waals surface area contributed by atoms with Gasteiger partial charge >= 0.3 is 5.97 Å². The third-order valence-electron chi connectivity index (χ3n) is 4.57. The summed E-state index contributed by atoms with van der Waals surface area (Å²) in [5.74, 6) is -0.267. The molecular formula is C21H14Cl2O5. The average Bonchev–Trinajstić information content (AvgIpc) is 3.06. The first-order valence-electron chi connectivity index (χ1n) is 8.53. The summed E-state index contributed by atoms with van der Waals surface area (Å²) < 4.78 is 11.2. The fourth-order valence-electron chi connectivity index (χ4n) is 3.27. The van der Waals surface area contributed by atoms with Crippen LogP contribution in [-0.2, 0) is 11.2 Å². The van der Waals surface area contributed by atoms with Crippen LogP contribution >= 0.6 is 23.2 Å². The lowest BCUT2D eigenvalue weighted by Gasteiger charge is -2.07. The van der Waals surface area contributed by atoms with Crippen LogP contribution in [0.1, 0.15) is 23.3 Å². The number of carbonyl (C=O) groups is 1. The van der Waals surface area contributed by atoms with Crippen LogP contribution in [0.4, 0.5) is 0 Å². The lowest BCUT2D eigenvalue weighted by atomic mass is 10.1. The molecule has 0 amide bonds. The molecule has 0 atom stereocenters. The van der Waals surface area contributed by atoms with Crippen LogP contribution in [0.2, 0.25) is 10.0 Å². The maximum Gasteiger partial charge on any atom is 0.341 e. The Hall–Kier alpha value is -2.76. The highest BCUT2D eigenvalue weighted by molar-refractivity contribution is 6.37. The smallest absolute Gasteiger partial charge is 0.341 e. The van der Waals surface area contributed by atoms with Crippen molar-refractivity contribution in [2.75, 3.05) is 6.61 Å². The van der Waals surface area contributed by atoms with Crippen LogP contribution in [-0.4, -0.2) is 17.7 Å². The van der Waals surface area contributed by atoms with Gasteiger partial charge in [0.2, 0.25) is 0 Å². The molecule has 4 rings (SSSR count). The molecule has 1 aliphatic rings. The van der Waals surface area contributed by atoms with Gasteiger partial charge in [-0.3, -0.25) is 4.79 Å². The second-order valence-electron chi connectivity index (χ2n) is 6.38. The second kappa shape index (κ2) is 7.34. The van der Waals surface area contributed by atoms with Crippen molar-refractivity contribution in [2.24, 2.45) is 0 Å². The number of halogens is 2. The largest absolute Gasteiger partial charge is 0.482 e. The summed E-state index contributed by atoms with van der Waals surface area (Å²) in [7, 11) is 0. The molecule has 0 radical (unpaired) electrons. The standard InChI is InChI=1S/C21H14Cl2O5/c22-16-2-1-3-17(23)15(16)8-11-4-6-14-20(26)13-7-5-12(27-10-19(24)25)9-18(13)28-21(11)14/h1-3,5,7-9H,4,6,10H2,(H,24,25). The molecule has 0 bridgehead atoms. The van der Waals surface area contributed by atoms with Gasteiger partial charge in [0.15, 0.2) is 12.0 Å². The van der Waals surface area contributed by atoms with E-state index in [1.54, 1.807) is 30.3 Å². The van der Waals surface area contributed by atoms with Crippen LogP contribution < -0.4 is 10.2 Å². The van der Waals surface area contributed by atoms with Crippen LogP contribution in [0.25, 0.3) is 22.6 Å². The number of carboxylic acids is 1. The van der Waals surface area contributed by atoms with Gasteiger partial charge in [-0.2, -0.15) is 0 Å². The number of benzene rings is 2. The minimum atomic E-state index is -1.09. The van der Waals surface area contributed by atoms with Crippen molar-refractivity contribution in [2.45, 2.75) is 12.8 Å². The van der Waals surface area contributed by atoms with E-state index in [4.69, 9.17) is 37.5 Å². The fraction of sp³-hybridized carbons (Fsp3) is 0.143. The van der Waals surface area contributed by atoms with Gasteiger partial charge in [0.1, 0.15) is 17.1 Å². The average molecular weight is 417 g/mol. The molecule has 1 aromatic heterocycles. The third kappa shape index (κ3) is 3.39. The second-order valence-corrected chi connectivity index (χ2v) is 7.20. The zero-order valence-electron chi connectivity index (χ0n) is 14.5. The van der Waals surface area contributed by atoms with E-state index in [1.165, 1.54) is 6.07 Å². The number of fused-ring (bicyclic) bond motifs is 2. The molecule has 142 valence electrons. The molecule has 7 heteroatoms. The summed E-state index contributed by atoms with van der Waals surface area (Å²) in [6.07, 6.45) is 3.04. The van der Waals surface area contributed by atoms with E-state index in [2.05, 4.69) is 0 Å².